The van der Waals surface area contributed by atoms with E-state index in [1.54, 1.807) is 0 Å². The third kappa shape index (κ3) is 4.50. The lowest BCUT2D eigenvalue weighted by Gasteiger charge is -2.15. The highest BCUT2D eigenvalue weighted by Crippen LogP contribution is 2.20. The van der Waals surface area contributed by atoms with Crippen LogP contribution in [0.1, 0.15) is 33.6 Å². The van der Waals surface area contributed by atoms with Crippen molar-refractivity contribution < 1.29 is 0 Å². The summed E-state index contributed by atoms with van der Waals surface area (Å²) in [4.78, 5) is 0. The molecule has 0 saturated carbocycles. The van der Waals surface area contributed by atoms with Crippen molar-refractivity contribution in [3.05, 3.63) is 11.6 Å². The van der Waals surface area contributed by atoms with Crippen LogP contribution in [0.5, 0.6) is 0 Å². The molecule has 0 aromatic carbocycles. The van der Waals surface area contributed by atoms with Gasteiger partial charge < -0.3 is 5.32 Å². The van der Waals surface area contributed by atoms with E-state index >= 15 is 0 Å². The Morgan fingerprint density at radius 2 is 2.18 bits per heavy atom. The van der Waals surface area contributed by atoms with Crippen LogP contribution in [0.4, 0.5) is 0 Å². The first kappa shape index (κ1) is 8.20. The second-order valence-corrected chi connectivity index (χ2v) is 3.92. The van der Waals surface area contributed by atoms with Gasteiger partial charge in [-0.2, -0.15) is 0 Å². The average Bonchev–Trinajstić information content (AvgIpc) is 2.60. The van der Waals surface area contributed by atoms with E-state index in [1.807, 2.05) is 0 Å². The third-order valence-electron chi connectivity index (χ3n) is 1.33. The quantitative estimate of drug-likeness (QED) is 0.342. The molecule has 0 fully saturated rings. The summed E-state index contributed by atoms with van der Waals surface area (Å²) in [5.41, 5.74) is 1.60. The van der Waals surface area contributed by atoms with Crippen LogP contribution in [-0.4, -0.2) is 5.54 Å². The number of allylic oxidation sites excluding steroid dienone is 2. The first-order chi connectivity index (χ1) is 5.08. The predicted molar refractivity (Wildman–Crippen MR) is 48.0 cm³/mol. The largest absolute Gasteiger partial charge is 0.341 e. The van der Waals surface area contributed by atoms with Gasteiger partial charge in [0.25, 0.3) is 0 Å². The van der Waals surface area contributed by atoms with Gasteiger partial charge in [0.1, 0.15) is 0 Å². The van der Waals surface area contributed by atoms with E-state index in [0.717, 1.165) is 6.42 Å². The van der Waals surface area contributed by atoms with Crippen molar-refractivity contribution in [3.63, 3.8) is 0 Å². The lowest BCUT2D eigenvalue weighted by Crippen LogP contribution is -2.31. The van der Waals surface area contributed by atoms with Crippen LogP contribution in [0.3, 0.4) is 0 Å². The first-order valence-electron chi connectivity index (χ1n) is 4.01. The molecule has 0 aromatic rings. The van der Waals surface area contributed by atoms with Crippen molar-refractivity contribution in [1.82, 2.24) is 5.32 Å². The van der Waals surface area contributed by atoms with Crippen LogP contribution in [0.2, 0.25) is 0 Å². The zero-order chi connectivity index (χ0) is 8.32. The smallest absolute Gasteiger partial charge is 0.0365 e. The van der Waals surface area contributed by atoms with Crippen LogP contribution in [0.15, 0.2) is 11.6 Å². The van der Waals surface area contributed by atoms with Gasteiger partial charge in [0, 0.05) is 18.0 Å². The van der Waals surface area contributed by atoms with Gasteiger partial charge in [-0.25, -0.2) is 0 Å². The van der Waals surface area contributed by atoms with Crippen molar-refractivity contribution in [3.8, 4) is 12.0 Å². The average molecular weight is 149 g/mol. The first-order valence-corrected chi connectivity index (χ1v) is 4.01. The fourth-order valence-corrected chi connectivity index (χ4v) is 0.606. The minimum atomic E-state index is 0.116. The zero-order valence-corrected chi connectivity index (χ0v) is 7.49. The van der Waals surface area contributed by atoms with Crippen molar-refractivity contribution in [2.45, 2.75) is 39.2 Å². The molecule has 0 heterocycles. The highest BCUT2D eigenvalue weighted by molar-refractivity contribution is 5.26. The molecule has 0 bridgehead atoms. The van der Waals surface area contributed by atoms with Crippen LogP contribution < -0.4 is 5.32 Å². The van der Waals surface area contributed by atoms with E-state index in [-0.39, 0.29) is 5.54 Å². The molecule has 0 atom stereocenters. The predicted octanol–water partition coefficient (Wildman–Crippen LogP) is 2.06. The molecule has 0 amide bonds. The maximum atomic E-state index is 3.12. The Balaban J connectivity index is 2.16. The molecule has 11 heavy (non-hydrogen) atoms. The fraction of sp³-hybridized carbons (Fsp3) is 0.600. The van der Waals surface area contributed by atoms with Gasteiger partial charge in [-0.1, -0.05) is 17.6 Å². The summed E-state index contributed by atoms with van der Waals surface area (Å²) in [7, 11) is 0. The Morgan fingerprint density at radius 1 is 1.55 bits per heavy atom. The molecule has 1 aliphatic rings. The Labute approximate surface area is 68.9 Å². The summed E-state index contributed by atoms with van der Waals surface area (Å²) < 4.78 is 0. The van der Waals surface area contributed by atoms with Gasteiger partial charge in [-0.05, 0) is 27.2 Å². The van der Waals surface area contributed by atoms with E-state index in [0.29, 0.717) is 0 Å². The molecular weight excluding hydrogens is 134 g/mol. The van der Waals surface area contributed by atoms with E-state index in [9.17, 15) is 0 Å². The van der Waals surface area contributed by atoms with Crippen LogP contribution in [0.25, 0.3) is 0 Å². The van der Waals surface area contributed by atoms with E-state index < -0.39 is 0 Å². The summed E-state index contributed by atoms with van der Waals surface area (Å²) in [6, 6.07) is 2.96. The van der Waals surface area contributed by atoms with Crippen LogP contribution in [-0.2, 0) is 0 Å². The fourth-order valence-electron chi connectivity index (χ4n) is 0.606. The molecule has 0 aromatic heterocycles. The number of hydrogen-bond acceptors (Lipinski definition) is 1. The summed E-state index contributed by atoms with van der Waals surface area (Å²) in [5.74, 6) is 3.07. The van der Waals surface area contributed by atoms with E-state index in [2.05, 4.69) is 44.1 Å². The summed E-state index contributed by atoms with van der Waals surface area (Å²) in [5, 5.41) is 3.12. The van der Waals surface area contributed by atoms with Crippen molar-refractivity contribution in [1.29, 1.82) is 0 Å². The highest BCUT2D eigenvalue weighted by atomic mass is 14.9. The molecule has 0 unspecified atom stereocenters. The van der Waals surface area contributed by atoms with Crippen molar-refractivity contribution >= 4 is 0 Å². The molecule has 1 rings (SSSR count). The molecule has 0 saturated heterocycles. The molecule has 60 valence electrons. The molecular formula is C10H15N. The Bertz CT molecular complexity index is 219. The molecule has 1 heteroatoms. The number of rotatable bonds is 1. The minimum absolute atomic E-state index is 0.116. The van der Waals surface area contributed by atoms with Gasteiger partial charge in [0.2, 0.25) is 0 Å². The Morgan fingerprint density at radius 3 is 2.64 bits per heavy atom. The van der Waals surface area contributed by atoms with Gasteiger partial charge in [-0.3, -0.25) is 0 Å². The molecule has 0 radical (unpaired) electrons. The maximum absolute atomic E-state index is 3.12. The van der Waals surface area contributed by atoms with Crippen LogP contribution in [0, 0.1) is 12.0 Å². The lowest BCUT2D eigenvalue weighted by molar-refractivity contribution is 0.502. The van der Waals surface area contributed by atoms with Gasteiger partial charge in [0.15, 0.2) is 0 Å². The molecule has 0 spiro atoms. The van der Waals surface area contributed by atoms with Crippen LogP contribution >= 0.6 is 0 Å². The Kier molecular flexibility index (Phi) is 2.24. The molecule has 0 aliphatic heterocycles. The molecule has 1 N–H and O–H groups in total. The topological polar surface area (TPSA) is 12.0 Å². The second-order valence-electron chi connectivity index (χ2n) is 3.92. The SMILES string of the molecule is CC(C)(C)NC#CCC1=CC1. The molecule has 1 nitrogen and oxygen atoms in total. The summed E-state index contributed by atoms with van der Waals surface area (Å²) in [6.45, 7) is 6.33. The Hall–Kier alpha value is -0.900. The maximum Gasteiger partial charge on any atom is 0.0365 e. The second kappa shape index (κ2) is 3.00. The van der Waals surface area contributed by atoms with Crippen molar-refractivity contribution in [2.24, 2.45) is 0 Å². The molecule has 1 aliphatic carbocycles. The highest BCUT2D eigenvalue weighted by Gasteiger charge is 2.05. The third-order valence-corrected chi connectivity index (χ3v) is 1.33. The van der Waals surface area contributed by atoms with Gasteiger partial charge >= 0.3 is 0 Å². The number of hydrogen-bond donors (Lipinski definition) is 1. The monoisotopic (exact) mass is 149 g/mol. The van der Waals surface area contributed by atoms with E-state index in [4.69, 9.17) is 0 Å². The number of nitrogens with one attached hydrogen (secondary N) is 1. The van der Waals surface area contributed by atoms with Crippen molar-refractivity contribution in [2.75, 3.05) is 0 Å². The minimum Gasteiger partial charge on any atom is -0.341 e. The standard InChI is InChI=1S/C10H15N/c1-10(2,3)11-8-4-5-9-6-7-9/h6,11H,5,7H2,1-3H3. The van der Waals surface area contributed by atoms with Gasteiger partial charge in [0.05, 0.1) is 0 Å². The summed E-state index contributed by atoms with van der Waals surface area (Å²) in [6.07, 6.45) is 4.35. The van der Waals surface area contributed by atoms with Gasteiger partial charge in [-0.15, -0.1) is 0 Å². The normalized spacial score (nSPS) is 14.6. The summed E-state index contributed by atoms with van der Waals surface area (Å²) >= 11 is 0. The lowest BCUT2D eigenvalue weighted by atomic mass is 10.1. The zero-order valence-electron chi connectivity index (χ0n) is 7.49. The van der Waals surface area contributed by atoms with E-state index in [1.165, 1.54) is 12.0 Å².